The lowest BCUT2D eigenvalue weighted by molar-refractivity contribution is -0.142. The average Bonchev–Trinajstić information content (AvgIpc) is 3.26. The quantitative estimate of drug-likeness (QED) is 0.559. The van der Waals surface area contributed by atoms with E-state index in [2.05, 4.69) is 0 Å². The zero-order chi connectivity index (χ0) is 23.5. The van der Waals surface area contributed by atoms with E-state index in [4.69, 9.17) is 5.73 Å². The number of benzene rings is 1. The fourth-order valence-electron chi connectivity index (χ4n) is 4.23. The first-order valence-corrected chi connectivity index (χ1v) is 10.6. The van der Waals surface area contributed by atoms with Gasteiger partial charge in [-0.05, 0) is 38.3 Å². The van der Waals surface area contributed by atoms with Gasteiger partial charge >= 0.3 is 0 Å². The highest BCUT2D eigenvalue weighted by Crippen LogP contribution is 2.33. The molecule has 5 nitrogen and oxygen atoms in total. The Bertz CT molecular complexity index is 813. The summed E-state index contributed by atoms with van der Waals surface area (Å²) in [5, 5.41) is 0. The molecule has 2 amide bonds. The normalized spacial score (nSPS) is 21.5. The second-order valence-electron chi connectivity index (χ2n) is 8.41. The molecule has 0 spiro atoms. The van der Waals surface area contributed by atoms with E-state index in [1.165, 1.54) is 18.7 Å². The fourth-order valence-corrected chi connectivity index (χ4v) is 4.23. The number of fused-ring (bicyclic) bond motifs is 1. The van der Waals surface area contributed by atoms with Crippen LogP contribution in [0.4, 0.5) is 17.6 Å². The molecule has 1 aromatic carbocycles. The molecule has 9 heteroatoms. The maximum atomic E-state index is 14.0. The van der Waals surface area contributed by atoms with Crippen LogP contribution in [-0.2, 0) is 16.0 Å². The van der Waals surface area contributed by atoms with Crippen molar-refractivity contribution in [1.29, 1.82) is 0 Å². The van der Waals surface area contributed by atoms with Crippen molar-refractivity contribution < 1.29 is 27.2 Å². The maximum Gasteiger partial charge on any atom is 0.259 e. The first-order chi connectivity index (χ1) is 14.5. The number of carbonyl (C=O) groups excluding carboxylic acids is 2. The average molecular weight is 446 g/mol. The number of hydrogen-bond donors (Lipinski definition) is 1. The van der Waals surface area contributed by atoms with E-state index in [9.17, 15) is 27.2 Å². The SMILES string of the molecule is CC.CC(C)(F)C(=O)N1CC2CCN(C(=O)CC(N)Cc3cc(F)c(F)cc3F)C2C1. The maximum absolute atomic E-state index is 14.0. The molecule has 1 aromatic rings. The number of rotatable bonds is 5. The Hall–Kier alpha value is -2.16. The minimum atomic E-state index is -1.97. The van der Waals surface area contributed by atoms with Crippen LogP contribution in [0.5, 0.6) is 0 Å². The predicted octanol–water partition coefficient (Wildman–Crippen LogP) is 3.20. The molecule has 2 aliphatic heterocycles. The summed E-state index contributed by atoms with van der Waals surface area (Å²) in [6, 6.07) is 0.242. The smallest absolute Gasteiger partial charge is 0.259 e. The first-order valence-electron chi connectivity index (χ1n) is 10.6. The number of nitrogens with zero attached hydrogens (tertiary/aromatic N) is 2. The number of amides is 2. The molecular weight excluding hydrogens is 414 g/mol. The third-order valence-electron chi connectivity index (χ3n) is 5.67. The highest BCUT2D eigenvalue weighted by Gasteiger charge is 2.47. The number of likely N-dealkylation sites (tertiary alicyclic amines) is 2. The summed E-state index contributed by atoms with van der Waals surface area (Å²) in [6.45, 7) is 7.62. The van der Waals surface area contributed by atoms with Crippen LogP contribution in [0.1, 0.15) is 46.1 Å². The lowest BCUT2D eigenvalue weighted by Crippen LogP contribution is -2.45. The van der Waals surface area contributed by atoms with Crippen LogP contribution in [0, 0.1) is 23.4 Å². The van der Waals surface area contributed by atoms with Gasteiger partial charge in [-0.25, -0.2) is 17.6 Å². The number of hydrogen-bond acceptors (Lipinski definition) is 3. The zero-order valence-corrected chi connectivity index (χ0v) is 18.4. The van der Waals surface area contributed by atoms with Crippen LogP contribution in [0.2, 0.25) is 0 Å². The molecule has 2 saturated heterocycles. The van der Waals surface area contributed by atoms with Gasteiger partial charge in [-0.1, -0.05) is 13.8 Å². The number of alkyl halides is 1. The van der Waals surface area contributed by atoms with E-state index < -0.39 is 35.1 Å². The van der Waals surface area contributed by atoms with Crippen LogP contribution in [-0.4, -0.2) is 59.0 Å². The largest absolute Gasteiger partial charge is 0.338 e. The molecule has 0 aliphatic carbocycles. The molecule has 0 radical (unpaired) electrons. The highest BCUT2D eigenvalue weighted by atomic mass is 19.2. The van der Waals surface area contributed by atoms with Gasteiger partial charge in [-0.2, -0.15) is 0 Å². The van der Waals surface area contributed by atoms with Crippen molar-refractivity contribution in [1.82, 2.24) is 9.80 Å². The van der Waals surface area contributed by atoms with Gasteiger partial charge in [0.1, 0.15) is 5.82 Å². The first kappa shape index (κ1) is 25.1. The molecule has 174 valence electrons. The molecule has 31 heavy (non-hydrogen) atoms. The summed E-state index contributed by atoms with van der Waals surface area (Å²) in [7, 11) is 0. The number of carbonyl (C=O) groups is 2. The second kappa shape index (κ2) is 9.97. The number of nitrogens with two attached hydrogens (primary N) is 1. The summed E-state index contributed by atoms with van der Waals surface area (Å²) >= 11 is 0. The van der Waals surface area contributed by atoms with E-state index >= 15 is 0 Å². The Kier molecular flexibility index (Phi) is 8.08. The topological polar surface area (TPSA) is 66.6 Å². The summed E-state index contributed by atoms with van der Waals surface area (Å²) in [4.78, 5) is 28.0. The molecule has 0 saturated carbocycles. The van der Waals surface area contributed by atoms with Gasteiger partial charge in [0.25, 0.3) is 5.91 Å². The van der Waals surface area contributed by atoms with Gasteiger partial charge in [-0.3, -0.25) is 9.59 Å². The van der Waals surface area contributed by atoms with Gasteiger partial charge in [-0.15, -0.1) is 0 Å². The third kappa shape index (κ3) is 5.75. The van der Waals surface area contributed by atoms with Crippen molar-refractivity contribution in [2.45, 2.75) is 64.7 Å². The van der Waals surface area contributed by atoms with Crippen LogP contribution in [0.25, 0.3) is 0 Å². The second-order valence-corrected chi connectivity index (χ2v) is 8.41. The monoisotopic (exact) mass is 445 g/mol. The van der Waals surface area contributed by atoms with Crippen LogP contribution in [0.3, 0.4) is 0 Å². The Morgan fingerprint density at radius 2 is 1.74 bits per heavy atom. The van der Waals surface area contributed by atoms with E-state index in [0.717, 1.165) is 6.07 Å². The minimum Gasteiger partial charge on any atom is -0.338 e. The van der Waals surface area contributed by atoms with Gasteiger partial charge in [0.2, 0.25) is 5.91 Å². The molecule has 2 aliphatic rings. The molecule has 3 rings (SSSR count). The van der Waals surface area contributed by atoms with Crippen molar-refractivity contribution >= 4 is 11.8 Å². The van der Waals surface area contributed by atoms with Gasteiger partial charge in [0.15, 0.2) is 17.3 Å². The molecule has 3 atom stereocenters. The van der Waals surface area contributed by atoms with E-state index in [0.29, 0.717) is 25.6 Å². The summed E-state index contributed by atoms with van der Waals surface area (Å²) < 4.78 is 54.1. The summed E-state index contributed by atoms with van der Waals surface area (Å²) in [5.74, 6) is -4.12. The van der Waals surface area contributed by atoms with Crippen LogP contribution < -0.4 is 5.73 Å². The minimum absolute atomic E-state index is 0.0881. The summed E-state index contributed by atoms with van der Waals surface area (Å²) in [5.41, 5.74) is 3.90. The molecule has 2 heterocycles. The van der Waals surface area contributed by atoms with Crippen molar-refractivity contribution in [2.75, 3.05) is 19.6 Å². The van der Waals surface area contributed by atoms with Crippen LogP contribution >= 0.6 is 0 Å². The van der Waals surface area contributed by atoms with Gasteiger partial charge < -0.3 is 15.5 Å². The number of halogens is 4. The third-order valence-corrected chi connectivity index (χ3v) is 5.67. The zero-order valence-electron chi connectivity index (χ0n) is 18.4. The summed E-state index contributed by atoms with van der Waals surface area (Å²) in [6.07, 6.45) is 0.501. The van der Waals surface area contributed by atoms with E-state index in [1.807, 2.05) is 13.8 Å². The molecule has 0 aromatic heterocycles. The molecular formula is C22H31F4N3O2. The molecule has 3 unspecified atom stereocenters. The Labute approximate surface area is 180 Å². The Morgan fingerprint density at radius 3 is 2.35 bits per heavy atom. The Morgan fingerprint density at radius 1 is 1.13 bits per heavy atom. The molecule has 2 N–H and O–H groups in total. The molecule has 2 fully saturated rings. The Balaban J connectivity index is 0.00000166. The predicted molar refractivity (Wildman–Crippen MR) is 109 cm³/mol. The molecule has 0 bridgehead atoms. The van der Waals surface area contributed by atoms with Crippen LogP contribution in [0.15, 0.2) is 12.1 Å². The highest BCUT2D eigenvalue weighted by molar-refractivity contribution is 5.85. The standard InChI is InChI=1S/C20H25F4N3O2.C2H6/c1-20(2,24)19(29)26-9-11-3-4-27(17(11)10-26)18(28)7-13(25)5-12-6-15(22)16(23)8-14(12)21;1-2/h6,8,11,13,17H,3-5,7,9-10,25H2,1-2H3;1-2H3. The lowest BCUT2D eigenvalue weighted by atomic mass is 10.0. The van der Waals surface area contributed by atoms with Crippen molar-refractivity contribution in [3.8, 4) is 0 Å². The van der Waals surface area contributed by atoms with Gasteiger partial charge in [0, 0.05) is 44.1 Å². The van der Waals surface area contributed by atoms with Crippen molar-refractivity contribution in [3.05, 3.63) is 35.1 Å². The van der Waals surface area contributed by atoms with E-state index in [-0.39, 0.29) is 42.8 Å². The fraction of sp³-hybridized carbons (Fsp3) is 0.636. The van der Waals surface area contributed by atoms with Gasteiger partial charge in [0.05, 0.1) is 6.04 Å². The van der Waals surface area contributed by atoms with Crippen molar-refractivity contribution in [3.63, 3.8) is 0 Å². The van der Waals surface area contributed by atoms with E-state index in [1.54, 1.807) is 4.90 Å². The van der Waals surface area contributed by atoms with Crippen molar-refractivity contribution in [2.24, 2.45) is 11.7 Å². The lowest BCUT2D eigenvalue weighted by Gasteiger charge is -2.27.